The molecule has 2 aliphatic heterocycles. The van der Waals surface area contributed by atoms with E-state index in [4.69, 9.17) is 37.3 Å². The molecule has 0 bridgehead atoms. The van der Waals surface area contributed by atoms with E-state index in [9.17, 15) is 18.3 Å². The largest absolute Gasteiger partial charge is 0.497 e. The van der Waals surface area contributed by atoms with E-state index in [1.54, 1.807) is 54.6 Å². The summed E-state index contributed by atoms with van der Waals surface area (Å²) >= 11 is 0. The third-order valence-electron chi connectivity index (χ3n) is 7.75. The molecule has 0 aromatic heterocycles. The highest BCUT2D eigenvalue weighted by Gasteiger charge is 2.53. The van der Waals surface area contributed by atoms with Crippen LogP contribution in [0.2, 0.25) is 0 Å². The van der Waals surface area contributed by atoms with Crippen molar-refractivity contribution < 1.29 is 55.7 Å². The predicted octanol–water partition coefficient (Wildman–Crippen LogP) is 3.52. The second-order valence-corrected chi connectivity index (χ2v) is 12.9. The summed E-state index contributed by atoms with van der Waals surface area (Å²) in [5.74, 6) is -1.33. The van der Waals surface area contributed by atoms with Gasteiger partial charge in [0.15, 0.2) is 23.0 Å². The van der Waals surface area contributed by atoms with Crippen molar-refractivity contribution in [2.45, 2.75) is 18.6 Å². The van der Waals surface area contributed by atoms with Crippen molar-refractivity contribution in [2.24, 2.45) is 0 Å². The van der Waals surface area contributed by atoms with Crippen LogP contribution >= 0.6 is 0 Å². The minimum atomic E-state index is -4.47. The molecule has 3 aromatic rings. The fourth-order valence-electron chi connectivity index (χ4n) is 5.53. The zero-order chi connectivity index (χ0) is 34.5. The minimum absolute atomic E-state index is 0.0103. The molecule has 0 saturated heterocycles. The molecule has 258 valence electrons. The fraction of sp³-hybridized carbons (Fsp3) is 0.382. The molecule has 13 nitrogen and oxygen atoms in total. The van der Waals surface area contributed by atoms with Crippen LogP contribution in [0.4, 0.5) is 0 Å². The molecule has 2 aliphatic rings. The van der Waals surface area contributed by atoms with Crippen molar-refractivity contribution >= 4 is 21.7 Å². The number of hydrogen-bond acceptors (Lipinski definition) is 13. The van der Waals surface area contributed by atoms with Gasteiger partial charge in [0.1, 0.15) is 5.75 Å². The summed E-state index contributed by atoms with van der Waals surface area (Å²) in [6.07, 6.45) is 0.673. The third kappa shape index (κ3) is 7.31. The number of hydrogen-bond donors (Lipinski definition) is 1. The molecule has 0 saturated carbocycles. The van der Waals surface area contributed by atoms with Gasteiger partial charge in [0.2, 0.25) is 12.5 Å². The van der Waals surface area contributed by atoms with E-state index in [1.807, 2.05) is 19.0 Å². The number of rotatable bonds is 16. The Hall–Kier alpha value is -4.50. The number of esters is 1. The van der Waals surface area contributed by atoms with Crippen molar-refractivity contribution in [3.8, 4) is 34.5 Å². The third-order valence-corrected chi connectivity index (χ3v) is 8.92. The van der Waals surface area contributed by atoms with Gasteiger partial charge in [0.05, 0.1) is 45.9 Å². The van der Waals surface area contributed by atoms with Crippen LogP contribution in [-0.4, -0.2) is 92.1 Å². The smallest absolute Gasteiger partial charge is 0.342 e. The lowest BCUT2D eigenvalue weighted by molar-refractivity contribution is -0.174. The average Bonchev–Trinajstić information content (AvgIpc) is 3.64. The van der Waals surface area contributed by atoms with Gasteiger partial charge in [0, 0.05) is 24.1 Å². The lowest BCUT2D eigenvalue weighted by Crippen LogP contribution is -2.37. The molecule has 48 heavy (non-hydrogen) atoms. The Morgan fingerprint density at radius 2 is 1.65 bits per heavy atom. The lowest BCUT2D eigenvalue weighted by Gasteiger charge is -2.31. The zero-order valence-electron chi connectivity index (χ0n) is 27.4. The highest BCUT2D eigenvalue weighted by atomic mass is 32.2. The molecule has 1 unspecified atom stereocenters. The average molecular weight is 686 g/mol. The van der Waals surface area contributed by atoms with E-state index in [1.165, 1.54) is 21.3 Å². The van der Waals surface area contributed by atoms with E-state index in [2.05, 4.69) is 0 Å². The van der Waals surface area contributed by atoms with Gasteiger partial charge in [-0.1, -0.05) is 6.07 Å². The molecule has 1 N–H and O–H groups in total. The number of nitrogens with zero attached hydrogens (tertiary/aromatic N) is 1. The lowest BCUT2D eigenvalue weighted by atomic mass is 9.87. The van der Waals surface area contributed by atoms with Crippen LogP contribution in [0.15, 0.2) is 60.2 Å². The number of methoxy groups -OCH3 is 3. The molecule has 0 aliphatic carbocycles. The monoisotopic (exact) mass is 685 g/mol. The van der Waals surface area contributed by atoms with Gasteiger partial charge < -0.3 is 43.2 Å². The molecule has 0 spiro atoms. The zero-order valence-corrected chi connectivity index (χ0v) is 28.3. The van der Waals surface area contributed by atoms with E-state index < -0.39 is 34.2 Å². The van der Waals surface area contributed by atoms with Gasteiger partial charge in [-0.3, -0.25) is 0 Å². The number of aliphatic hydroxyl groups excluding tert-OH is 1. The highest BCUT2D eigenvalue weighted by Crippen LogP contribution is 2.50. The van der Waals surface area contributed by atoms with Crippen LogP contribution in [0, 0.1) is 0 Å². The van der Waals surface area contributed by atoms with Crippen molar-refractivity contribution in [2.75, 3.05) is 67.7 Å². The maximum atomic E-state index is 14.0. The summed E-state index contributed by atoms with van der Waals surface area (Å²) < 4.78 is 72.2. The van der Waals surface area contributed by atoms with Crippen LogP contribution in [0.5, 0.6) is 34.5 Å². The first-order valence-electron chi connectivity index (χ1n) is 15.1. The second kappa shape index (κ2) is 14.7. The summed E-state index contributed by atoms with van der Waals surface area (Å²) in [6.45, 7) is 0.476. The number of benzene rings is 3. The Morgan fingerprint density at radius 1 is 0.917 bits per heavy atom. The van der Waals surface area contributed by atoms with Gasteiger partial charge >= 0.3 is 5.97 Å². The minimum Gasteiger partial charge on any atom is -0.497 e. The highest BCUT2D eigenvalue weighted by molar-refractivity contribution is 7.86. The summed E-state index contributed by atoms with van der Waals surface area (Å²) in [6, 6.07) is 14.7. The van der Waals surface area contributed by atoms with Crippen LogP contribution in [-0.2, 0) is 36.0 Å². The maximum Gasteiger partial charge on any atom is 0.342 e. The fourth-order valence-corrected chi connectivity index (χ4v) is 6.43. The summed E-state index contributed by atoms with van der Waals surface area (Å²) in [7, 11) is 3.96. The standard InChI is InChI=1S/C34H39NO12S/c1-35(2)13-6-15-43-30-19-22(18-29(41-4)32(30)42-5)17-26-31(23-7-12-27-28(20-23)45-21-44-27)33(37)46-34(26,47-48(38,39)16-14-36)24-8-10-25(40-3)11-9-24/h7-12,18-20,36H,6,13-17,21H2,1-5H3. The number of carbonyl (C=O) groups is 1. The van der Waals surface area contributed by atoms with Crippen molar-refractivity contribution in [3.05, 3.63) is 76.9 Å². The van der Waals surface area contributed by atoms with E-state index in [0.29, 0.717) is 52.2 Å². The second-order valence-electron chi connectivity index (χ2n) is 11.2. The van der Waals surface area contributed by atoms with Crippen molar-refractivity contribution in [1.82, 2.24) is 4.90 Å². The molecule has 5 rings (SSSR count). The number of carbonyl (C=O) groups excluding carboxylic acids is 1. The first-order chi connectivity index (χ1) is 23.0. The molecule has 2 heterocycles. The molecular weight excluding hydrogens is 646 g/mol. The van der Waals surface area contributed by atoms with Crippen molar-refractivity contribution in [3.63, 3.8) is 0 Å². The van der Waals surface area contributed by atoms with Gasteiger partial charge in [-0.25, -0.2) is 8.98 Å². The van der Waals surface area contributed by atoms with E-state index in [0.717, 1.165) is 13.0 Å². The van der Waals surface area contributed by atoms with Gasteiger partial charge in [0.25, 0.3) is 15.9 Å². The van der Waals surface area contributed by atoms with Crippen LogP contribution < -0.4 is 28.4 Å². The predicted molar refractivity (Wildman–Crippen MR) is 174 cm³/mol. The van der Waals surface area contributed by atoms with Crippen LogP contribution in [0.25, 0.3) is 5.57 Å². The topological polar surface area (TPSA) is 149 Å². The van der Waals surface area contributed by atoms with Gasteiger partial charge in [-0.05, 0) is 80.2 Å². The maximum absolute atomic E-state index is 14.0. The van der Waals surface area contributed by atoms with E-state index in [-0.39, 0.29) is 29.9 Å². The van der Waals surface area contributed by atoms with Gasteiger partial charge in [-0.2, -0.15) is 8.42 Å². The first-order valence-corrected chi connectivity index (χ1v) is 16.7. The normalized spacial score (nSPS) is 17.1. The van der Waals surface area contributed by atoms with E-state index >= 15 is 0 Å². The van der Waals surface area contributed by atoms with Crippen LogP contribution in [0.1, 0.15) is 23.1 Å². The Bertz CT molecular complexity index is 1770. The molecule has 0 fully saturated rings. The Morgan fingerprint density at radius 3 is 2.31 bits per heavy atom. The van der Waals surface area contributed by atoms with Gasteiger partial charge in [-0.15, -0.1) is 0 Å². The quantitative estimate of drug-likeness (QED) is 0.133. The Kier molecular flexibility index (Phi) is 10.7. The SMILES string of the molecule is COc1ccc(C2(OS(=O)(=O)CCO)OC(=O)C(c3ccc4c(c3)OCO4)=C2Cc2cc(OC)c(OC)c(OCCCN(C)C)c2)cc1. The summed E-state index contributed by atoms with van der Waals surface area (Å²) in [4.78, 5) is 16.0. The Labute approximate surface area is 279 Å². The molecule has 1 atom stereocenters. The summed E-state index contributed by atoms with van der Waals surface area (Å²) in [5.41, 5.74) is 1.39. The number of aliphatic hydroxyl groups is 1. The summed E-state index contributed by atoms with van der Waals surface area (Å²) in [5, 5.41) is 9.56. The first kappa shape index (κ1) is 34.8. The Balaban J connectivity index is 1.72. The molecule has 0 amide bonds. The molecule has 14 heteroatoms. The number of cyclic esters (lactones) is 1. The number of ether oxygens (including phenoxy) is 7. The van der Waals surface area contributed by atoms with Crippen molar-refractivity contribution in [1.29, 1.82) is 0 Å². The molecule has 0 radical (unpaired) electrons. The molecule has 3 aromatic carbocycles. The number of fused-ring (bicyclic) bond motifs is 1. The molecular formula is C34H39NO12S. The van der Waals surface area contributed by atoms with Crippen LogP contribution in [0.3, 0.4) is 0 Å².